The monoisotopic (exact) mass is 186 g/mol. The van der Waals surface area contributed by atoms with E-state index in [1.54, 1.807) is 0 Å². The average molecular weight is 186 g/mol. The number of rotatable bonds is 5. The van der Waals surface area contributed by atoms with Gasteiger partial charge in [-0.1, -0.05) is 13.8 Å². The van der Waals surface area contributed by atoms with Gasteiger partial charge in [0.05, 0.1) is 0 Å². The van der Waals surface area contributed by atoms with Gasteiger partial charge in [0.1, 0.15) is 0 Å². The molecule has 2 unspecified atom stereocenters. The molecule has 0 rings (SSSR count). The normalized spacial score (nSPS) is 15.2. The second-order valence-electron chi connectivity index (χ2n) is 3.81. The highest BCUT2D eigenvalue weighted by Gasteiger charge is 2.15. The number of carbonyl (C=O) groups excluding carboxylic acids is 1. The summed E-state index contributed by atoms with van der Waals surface area (Å²) in [5.74, 6) is 0.492. The highest BCUT2D eigenvalue weighted by Crippen LogP contribution is 2.07. The van der Waals surface area contributed by atoms with Crippen LogP contribution >= 0.6 is 0 Å². The summed E-state index contributed by atoms with van der Waals surface area (Å²) in [5.41, 5.74) is 5.46. The Morgan fingerprint density at radius 3 is 2.38 bits per heavy atom. The number of hydrogen-bond donors (Lipinski definition) is 1. The number of nitrogens with zero attached hydrogens (tertiary/aromatic N) is 1. The standard InChI is InChI=1S/C10H22N2O/c1-5-9(3)12(4)10(13)6-8(2)7-11/h8-9H,5-7,11H2,1-4H3. The van der Waals surface area contributed by atoms with Crippen LogP contribution in [0.25, 0.3) is 0 Å². The average Bonchev–Trinajstić information content (AvgIpc) is 2.14. The fourth-order valence-electron chi connectivity index (χ4n) is 1.05. The van der Waals surface area contributed by atoms with Crippen molar-refractivity contribution in [1.82, 2.24) is 4.90 Å². The lowest BCUT2D eigenvalue weighted by Crippen LogP contribution is -2.36. The lowest BCUT2D eigenvalue weighted by atomic mass is 10.1. The van der Waals surface area contributed by atoms with E-state index in [9.17, 15) is 4.79 Å². The highest BCUT2D eigenvalue weighted by atomic mass is 16.2. The third-order valence-corrected chi connectivity index (χ3v) is 2.57. The Morgan fingerprint density at radius 1 is 1.46 bits per heavy atom. The molecule has 2 N–H and O–H groups in total. The minimum atomic E-state index is 0.201. The van der Waals surface area contributed by atoms with E-state index in [4.69, 9.17) is 5.73 Å². The highest BCUT2D eigenvalue weighted by molar-refractivity contribution is 5.76. The lowest BCUT2D eigenvalue weighted by molar-refractivity contribution is -0.132. The van der Waals surface area contributed by atoms with E-state index in [1.165, 1.54) is 0 Å². The molecule has 3 nitrogen and oxygen atoms in total. The maximum absolute atomic E-state index is 11.6. The van der Waals surface area contributed by atoms with E-state index in [1.807, 2.05) is 18.9 Å². The van der Waals surface area contributed by atoms with Gasteiger partial charge >= 0.3 is 0 Å². The van der Waals surface area contributed by atoms with Crippen LogP contribution < -0.4 is 5.73 Å². The van der Waals surface area contributed by atoms with E-state index >= 15 is 0 Å². The summed E-state index contributed by atoms with van der Waals surface area (Å²) >= 11 is 0. The fraction of sp³-hybridized carbons (Fsp3) is 0.900. The van der Waals surface area contributed by atoms with Gasteiger partial charge in [-0.05, 0) is 25.8 Å². The predicted molar refractivity (Wildman–Crippen MR) is 55.4 cm³/mol. The van der Waals surface area contributed by atoms with Gasteiger partial charge in [-0.2, -0.15) is 0 Å². The van der Waals surface area contributed by atoms with Crippen LogP contribution in [0.5, 0.6) is 0 Å². The Bertz CT molecular complexity index is 159. The number of nitrogens with two attached hydrogens (primary N) is 1. The summed E-state index contributed by atoms with van der Waals surface area (Å²) in [6.07, 6.45) is 1.57. The molecule has 0 aromatic carbocycles. The van der Waals surface area contributed by atoms with Crippen molar-refractivity contribution in [3.05, 3.63) is 0 Å². The second-order valence-corrected chi connectivity index (χ2v) is 3.81. The Balaban J connectivity index is 3.96. The van der Waals surface area contributed by atoms with Crippen molar-refractivity contribution >= 4 is 5.91 Å². The van der Waals surface area contributed by atoms with E-state index < -0.39 is 0 Å². The molecule has 0 bridgehead atoms. The Morgan fingerprint density at radius 2 is 2.00 bits per heavy atom. The van der Waals surface area contributed by atoms with Crippen LogP contribution in [0.1, 0.15) is 33.6 Å². The molecule has 3 heteroatoms. The SMILES string of the molecule is CCC(C)N(C)C(=O)CC(C)CN. The fourth-order valence-corrected chi connectivity index (χ4v) is 1.05. The zero-order valence-corrected chi connectivity index (χ0v) is 9.21. The van der Waals surface area contributed by atoms with Crippen LogP contribution in [0.2, 0.25) is 0 Å². The summed E-state index contributed by atoms with van der Waals surface area (Å²) in [7, 11) is 1.86. The first-order chi connectivity index (χ1) is 6.02. The molecule has 0 saturated heterocycles. The van der Waals surface area contributed by atoms with Crippen molar-refractivity contribution in [2.45, 2.75) is 39.7 Å². The van der Waals surface area contributed by atoms with Crippen LogP contribution in [0.4, 0.5) is 0 Å². The van der Waals surface area contributed by atoms with Gasteiger partial charge in [0.2, 0.25) is 5.91 Å². The zero-order chi connectivity index (χ0) is 10.4. The van der Waals surface area contributed by atoms with Crippen LogP contribution in [0.3, 0.4) is 0 Å². The van der Waals surface area contributed by atoms with E-state index in [0.29, 0.717) is 24.9 Å². The third kappa shape index (κ3) is 4.27. The molecule has 0 heterocycles. The maximum atomic E-state index is 11.6. The predicted octanol–water partition coefficient (Wildman–Crippen LogP) is 1.23. The van der Waals surface area contributed by atoms with Gasteiger partial charge in [-0.3, -0.25) is 4.79 Å². The molecule has 0 aliphatic rings. The molecule has 0 aliphatic heterocycles. The molecule has 78 valence electrons. The topological polar surface area (TPSA) is 46.3 Å². The first-order valence-electron chi connectivity index (χ1n) is 4.98. The molecule has 13 heavy (non-hydrogen) atoms. The van der Waals surface area contributed by atoms with Crippen molar-refractivity contribution in [2.24, 2.45) is 11.7 Å². The molecule has 2 atom stereocenters. The molecule has 0 fully saturated rings. The Kier molecular flexibility index (Phi) is 5.71. The smallest absolute Gasteiger partial charge is 0.222 e. The number of hydrogen-bond acceptors (Lipinski definition) is 2. The molecule has 0 aliphatic carbocycles. The first-order valence-corrected chi connectivity index (χ1v) is 4.98. The van der Waals surface area contributed by atoms with Crippen LogP contribution in [-0.4, -0.2) is 30.4 Å². The van der Waals surface area contributed by atoms with E-state index in [0.717, 1.165) is 6.42 Å². The van der Waals surface area contributed by atoms with Gasteiger partial charge in [0, 0.05) is 19.5 Å². The van der Waals surface area contributed by atoms with Gasteiger partial charge in [-0.15, -0.1) is 0 Å². The molecule has 1 amide bonds. The quantitative estimate of drug-likeness (QED) is 0.702. The van der Waals surface area contributed by atoms with Crippen molar-refractivity contribution in [1.29, 1.82) is 0 Å². The van der Waals surface area contributed by atoms with Crippen LogP contribution in [0.15, 0.2) is 0 Å². The van der Waals surface area contributed by atoms with Crippen LogP contribution in [0, 0.1) is 5.92 Å². The van der Waals surface area contributed by atoms with Gasteiger partial charge in [0.25, 0.3) is 0 Å². The summed E-state index contributed by atoms with van der Waals surface area (Å²) in [4.78, 5) is 13.4. The Hall–Kier alpha value is -0.570. The van der Waals surface area contributed by atoms with Crippen molar-refractivity contribution in [2.75, 3.05) is 13.6 Å². The summed E-state index contributed by atoms with van der Waals surface area (Å²) < 4.78 is 0. The zero-order valence-electron chi connectivity index (χ0n) is 9.21. The van der Waals surface area contributed by atoms with Crippen molar-refractivity contribution in [3.8, 4) is 0 Å². The molecule has 0 radical (unpaired) electrons. The minimum Gasteiger partial charge on any atom is -0.343 e. The number of carbonyl (C=O) groups is 1. The third-order valence-electron chi connectivity index (χ3n) is 2.57. The largest absolute Gasteiger partial charge is 0.343 e. The molecular weight excluding hydrogens is 164 g/mol. The summed E-state index contributed by atoms with van der Waals surface area (Å²) in [6.45, 7) is 6.73. The molecular formula is C10H22N2O. The van der Waals surface area contributed by atoms with E-state index in [-0.39, 0.29) is 5.91 Å². The van der Waals surface area contributed by atoms with E-state index in [2.05, 4.69) is 13.8 Å². The second kappa shape index (κ2) is 5.97. The first kappa shape index (κ1) is 12.4. The summed E-state index contributed by atoms with van der Waals surface area (Å²) in [5, 5.41) is 0. The minimum absolute atomic E-state index is 0.201. The maximum Gasteiger partial charge on any atom is 0.222 e. The molecule has 0 aromatic rings. The molecule has 0 aromatic heterocycles. The van der Waals surface area contributed by atoms with Crippen LogP contribution in [-0.2, 0) is 4.79 Å². The van der Waals surface area contributed by atoms with Crippen molar-refractivity contribution in [3.63, 3.8) is 0 Å². The molecule has 0 saturated carbocycles. The Labute approximate surface area is 81.3 Å². The number of amides is 1. The van der Waals surface area contributed by atoms with Gasteiger partial charge in [-0.25, -0.2) is 0 Å². The lowest BCUT2D eigenvalue weighted by Gasteiger charge is -2.24. The molecule has 0 spiro atoms. The van der Waals surface area contributed by atoms with Gasteiger partial charge in [0.15, 0.2) is 0 Å². The van der Waals surface area contributed by atoms with Gasteiger partial charge < -0.3 is 10.6 Å². The summed E-state index contributed by atoms with van der Waals surface area (Å²) in [6, 6.07) is 0.331. The van der Waals surface area contributed by atoms with Crippen molar-refractivity contribution < 1.29 is 4.79 Å².